The Balaban J connectivity index is 1.17. The predicted octanol–water partition coefficient (Wildman–Crippen LogP) is 12.6. The van der Waals surface area contributed by atoms with Crippen LogP contribution >= 0.6 is 0 Å². The van der Waals surface area contributed by atoms with E-state index in [4.69, 9.17) is 19.4 Å². The van der Waals surface area contributed by atoms with Crippen molar-refractivity contribution < 1.29 is 9.52 Å². The van der Waals surface area contributed by atoms with Gasteiger partial charge in [-0.1, -0.05) is 164 Å². The summed E-state index contributed by atoms with van der Waals surface area (Å²) in [5.41, 5.74) is 9.60. The summed E-state index contributed by atoms with van der Waals surface area (Å²) >= 11 is 0. The summed E-state index contributed by atoms with van der Waals surface area (Å²) in [6, 6.07) is 61.1. The SMILES string of the molecule is Oc1cccc(-c2nc(-c3ccc(-c4ccccc4)cc3)nc(-c3ccc4ccccc4c3)n2)c1-c1ccccc1-c1cccc2c1oc1ccccc12. The van der Waals surface area contributed by atoms with E-state index in [2.05, 4.69) is 97.1 Å². The Hall–Kier alpha value is -7.37. The molecule has 2 aromatic heterocycles. The fraction of sp³-hybridized carbons (Fsp3) is 0. The van der Waals surface area contributed by atoms with Crippen LogP contribution in [0.3, 0.4) is 0 Å². The maximum absolute atomic E-state index is 11.7. The van der Waals surface area contributed by atoms with Crippen molar-refractivity contribution in [1.29, 1.82) is 0 Å². The van der Waals surface area contributed by atoms with E-state index < -0.39 is 0 Å². The maximum atomic E-state index is 11.7. The number of fused-ring (bicyclic) bond motifs is 4. The van der Waals surface area contributed by atoms with Gasteiger partial charge in [0.05, 0.1) is 0 Å². The molecule has 2 heterocycles. The molecule has 0 amide bonds. The van der Waals surface area contributed by atoms with E-state index in [1.54, 1.807) is 6.07 Å². The lowest BCUT2D eigenvalue weighted by molar-refractivity contribution is 0.477. The number of aromatic nitrogens is 3. The zero-order valence-corrected chi connectivity index (χ0v) is 29.0. The average Bonchev–Trinajstić information content (AvgIpc) is 3.63. The number of phenols is 1. The molecule has 0 fully saturated rings. The number of hydrogen-bond donors (Lipinski definition) is 1. The number of rotatable bonds is 6. The van der Waals surface area contributed by atoms with Crippen molar-refractivity contribution in [3.8, 4) is 73.3 Å². The minimum atomic E-state index is 0.123. The Kier molecular flexibility index (Phi) is 7.55. The van der Waals surface area contributed by atoms with Gasteiger partial charge in [-0.05, 0) is 51.2 Å². The van der Waals surface area contributed by atoms with E-state index in [0.29, 0.717) is 28.6 Å². The van der Waals surface area contributed by atoms with Crippen LogP contribution in [0.25, 0.3) is 100 Å². The summed E-state index contributed by atoms with van der Waals surface area (Å²) < 4.78 is 6.48. The Bertz CT molecular complexity index is 3000. The highest BCUT2D eigenvalue weighted by Crippen LogP contribution is 2.45. The van der Waals surface area contributed by atoms with Gasteiger partial charge >= 0.3 is 0 Å². The number of benzene rings is 8. The Morgan fingerprint density at radius 3 is 1.80 bits per heavy atom. The standard InChI is InChI=1S/C49H31N3O2/c53-43-22-11-21-42(45(43)39-18-7-6-16-37(39)40-19-10-20-41-38-17-8-9-23-44(38)54-46(40)41)49-51-47(34-27-24-33(25-28-34)31-12-2-1-3-13-31)50-48(52-49)36-29-26-32-14-4-5-15-35(32)30-36/h1-30,53H. The lowest BCUT2D eigenvalue weighted by Gasteiger charge is -2.16. The number of aromatic hydroxyl groups is 1. The summed E-state index contributed by atoms with van der Waals surface area (Å²) in [4.78, 5) is 15.3. The van der Waals surface area contributed by atoms with E-state index in [1.807, 2.05) is 78.9 Å². The molecule has 5 nitrogen and oxygen atoms in total. The van der Waals surface area contributed by atoms with Gasteiger partial charge in [-0.25, -0.2) is 15.0 Å². The molecule has 5 heteroatoms. The largest absolute Gasteiger partial charge is 0.507 e. The van der Waals surface area contributed by atoms with Gasteiger partial charge < -0.3 is 9.52 Å². The maximum Gasteiger partial charge on any atom is 0.164 e. The number of nitrogens with zero attached hydrogens (tertiary/aromatic N) is 3. The van der Waals surface area contributed by atoms with Gasteiger partial charge in [-0.3, -0.25) is 0 Å². The molecule has 0 bridgehead atoms. The van der Waals surface area contributed by atoms with Crippen LogP contribution < -0.4 is 0 Å². The highest BCUT2D eigenvalue weighted by molar-refractivity contribution is 6.11. The molecule has 0 aliphatic heterocycles. The number of para-hydroxylation sites is 2. The average molecular weight is 694 g/mol. The van der Waals surface area contributed by atoms with Gasteiger partial charge in [0.1, 0.15) is 16.9 Å². The van der Waals surface area contributed by atoms with Crippen molar-refractivity contribution in [2.75, 3.05) is 0 Å². The van der Waals surface area contributed by atoms with Crippen LogP contribution in [-0.2, 0) is 0 Å². The zero-order valence-electron chi connectivity index (χ0n) is 29.0. The van der Waals surface area contributed by atoms with Gasteiger partial charge in [0.2, 0.25) is 0 Å². The smallest absolute Gasteiger partial charge is 0.164 e. The van der Waals surface area contributed by atoms with Crippen LogP contribution in [0.15, 0.2) is 186 Å². The number of hydrogen-bond acceptors (Lipinski definition) is 5. The van der Waals surface area contributed by atoms with Crippen molar-refractivity contribution in [3.63, 3.8) is 0 Å². The Labute approximate surface area is 311 Å². The lowest BCUT2D eigenvalue weighted by atomic mass is 9.90. The highest BCUT2D eigenvalue weighted by atomic mass is 16.3. The molecule has 0 aliphatic carbocycles. The molecular weight excluding hydrogens is 663 g/mol. The van der Waals surface area contributed by atoms with Crippen LogP contribution in [0.5, 0.6) is 5.75 Å². The molecule has 0 unspecified atom stereocenters. The highest BCUT2D eigenvalue weighted by Gasteiger charge is 2.22. The molecule has 10 aromatic rings. The lowest BCUT2D eigenvalue weighted by Crippen LogP contribution is -2.01. The number of phenolic OH excluding ortho intramolecular Hbond substituents is 1. The first kappa shape index (κ1) is 31.4. The molecule has 0 aliphatic rings. The van der Waals surface area contributed by atoms with E-state index in [9.17, 15) is 5.11 Å². The quantitative estimate of drug-likeness (QED) is 0.188. The van der Waals surface area contributed by atoms with Gasteiger partial charge in [0.15, 0.2) is 17.5 Å². The summed E-state index contributed by atoms with van der Waals surface area (Å²) in [6.07, 6.45) is 0. The molecule has 0 radical (unpaired) electrons. The van der Waals surface area contributed by atoms with E-state index in [0.717, 1.165) is 71.7 Å². The third-order valence-electron chi connectivity index (χ3n) is 10.1. The summed E-state index contributed by atoms with van der Waals surface area (Å²) in [7, 11) is 0. The zero-order chi connectivity index (χ0) is 36.0. The van der Waals surface area contributed by atoms with Crippen molar-refractivity contribution in [2.45, 2.75) is 0 Å². The Morgan fingerprint density at radius 2 is 0.944 bits per heavy atom. The van der Waals surface area contributed by atoms with Crippen molar-refractivity contribution in [2.24, 2.45) is 0 Å². The van der Waals surface area contributed by atoms with Crippen LogP contribution in [0.4, 0.5) is 0 Å². The fourth-order valence-electron chi connectivity index (χ4n) is 7.43. The molecule has 0 atom stereocenters. The molecule has 0 saturated carbocycles. The van der Waals surface area contributed by atoms with E-state index in [1.165, 1.54) is 0 Å². The monoisotopic (exact) mass is 693 g/mol. The fourth-order valence-corrected chi connectivity index (χ4v) is 7.43. The molecule has 54 heavy (non-hydrogen) atoms. The van der Waals surface area contributed by atoms with Crippen LogP contribution in [0, 0.1) is 0 Å². The second kappa shape index (κ2) is 13.0. The van der Waals surface area contributed by atoms with E-state index >= 15 is 0 Å². The van der Waals surface area contributed by atoms with Gasteiger partial charge in [-0.2, -0.15) is 0 Å². The van der Waals surface area contributed by atoms with Crippen molar-refractivity contribution in [1.82, 2.24) is 15.0 Å². The van der Waals surface area contributed by atoms with E-state index in [-0.39, 0.29) is 5.75 Å². The topological polar surface area (TPSA) is 72.0 Å². The summed E-state index contributed by atoms with van der Waals surface area (Å²) in [6.45, 7) is 0. The normalized spacial score (nSPS) is 11.4. The summed E-state index contributed by atoms with van der Waals surface area (Å²) in [5.74, 6) is 1.66. The van der Waals surface area contributed by atoms with Gasteiger partial charge in [-0.15, -0.1) is 0 Å². The first-order chi connectivity index (χ1) is 26.7. The first-order valence-electron chi connectivity index (χ1n) is 17.9. The molecule has 10 rings (SSSR count). The molecule has 0 spiro atoms. The first-order valence-corrected chi connectivity index (χ1v) is 17.9. The second-order valence-corrected chi connectivity index (χ2v) is 13.3. The van der Waals surface area contributed by atoms with Crippen molar-refractivity contribution in [3.05, 3.63) is 182 Å². The molecule has 0 saturated heterocycles. The Morgan fingerprint density at radius 1 is 0.370 bits per heavy atom. The van der Waals surface area contributed by atoms with Crippen molar-refractivity contribution >= 4 is 32.7 Å². The van der Waals surface area contributed by atoms with Gasteiger partial charge in [0, 0.05) is 38.6 Å². The molecular formula is C49H31N3O2. The number of furan rings is 1. The molecule has 254 valence electrons. The molecule has 8 aromatic carbocycles. The van der Waals surface area contributed by atoms with Crippen LogP contribution in [-0.4, -0.2) is 20.1 Å². The minimum absolute atomic E-state index is 0.123. The minimum Gasteiger partial charge on any atom is -0.507 e. The predicted molar refractivity (Wildman–Crippen MR) is 219 cm³/mol. The third kappa shape index (κ3) is 5.47. The van der Waals surface area contributed by atoms with Crippen LogP contribution in [0.2, 0.25) is 0 Å². The second-order valence-electron chi connectivity index (χ2n) is 13.3. The molecule has 1 N–H and O–H groups in total. The summed E-state index contributed by atoms with van der Waals surface area (Å²) in [5, 5.41) is 16.1. The van der Waals surface area contributed by atoms with Gasteiger partial charge in [0.25, 0.3) is 0 Å². The van der Waals surface area contributed by atoms with Crippen LogP contribution in [0.1, 0.15) is 0 Å². The third-order valence-corrected chi connectivity index (χ3v) is 10.1.